The zero-order chi connectivity index (χ0) is 19.0. The minimum absolute atomic E-state index is 0.553. The smallest absolute Gasteiger partial charge is 0.0241 e. The number of rotatable bonds is 0. The standard InChI is InChI=1S/C14H24.C12H24/c1-13(2,3)14-7-10-4-11(8-14)6-12(5-10)9-14;1-12(2,3)11-9-7-5-4-6-8-10-11/h10-12H,4-9H2,1-3H3;11H,4-10H2,1-3H3. The van der Waals surface area contributed by atoms with E-state index in [0.29, 0.717) is 10.8 Å². The second kappa shape index (κ2) is 7.79. The van der Waals surface area contributed by atoms with Gasteiger partial charge in [0.2, 0.25) is 0 Å². The van der Waals surface area contributed by atoms with Crippen molar-refractivity contribution in [2.45, 2.75) is 125 Å². The molecule has 0 aliphatic heterocycles. The zero-order valence-corrected chi connectivity index (χ0v) is 19.0. The van der Waals surface area contributed by atoms with Crippen molar-refractivity contribution < 1.29 is 0 Å². The topological polar surface area (TPSA) is 0 Å². The first-order valence-electron chi connectivity index (χ1n) is 12.1. The van der Waals surface area contributed by atoms with Gasteiger partial charge in [0.15, 0.2) is 0 Å². The van der Waals surface area contributed by atoms with Crippen molar-refractivity contribution in [3.8, 4) is 0 Å². The molecule has 26 heavy (non-hydrogen) atoms. The van der Waals surface area contributed by atoms with Crippen LogP contribution >= 0.6 is 0 Å². The Hall–Kier alpha value is 0. The van der Waals surface area contributed by atoms with E-state index in [0.717, 1.165) is 29.1 Å². The van der Waals surface area contributed by atoms with E-state index in [1.165, 1.54) is 44.9 Å². The lowest BCUT2D eigenvalue weighted by Crippen LogP contribution is -2.51. The third-order valence-electron chi connectivity index (χ3n) is 8.96. The molecule has 0 heteroatoms. The Labute approximate surface area is 165 Å². The molecule has 5 saturated carbocycles. The third kappa shape index (κ3) is 4.70. The van der Waals surface area contributed by atoms with Gasteiger partial charge in [-0.1, -0.05) is 73.6 Å². The van der Waals surface area contributed by atoms with Crippen molar-refractivity contribution in [3.05, 3.63) is 0 Å². The van der Waals surface area contributed by atoms with Crippen LogP contribution in [0.15, 0.2) is 0 Å². The van der Waals surface area contributed by atoms with Crippen LogP contribution in [0, 0.1) is 39.9 Å². The van der Waals surface area contributed by atoms with Gasteiger partial charge >= 0.3 is 0 Å². The molecule has 4 bridgehead atoms. The highest BCUT2D eigenvalue weighted by Crippen LogP contribution is 2.65. The van der Waals surface area contributed by atoms with Gasteiger partial charge in [0, 0.05) is 0 Å². The van der Waals surface area contributed by atoms with Crippen molar-refractivity contribution in [1.82, 2.24) is 0 Å². The van der Waals surface area contributed by atoms with Gasteiger partial charge in [-0.2, -0.15) is 0 Å². The Morgan fingerprint density at radius 3 is 1.31 bits per heavy atom. The molecule has 0 radical (unpaired) electrons. The van der Waals surface area contributed by atoms with Gasteiger partial charge in [0.25, 0.3) is 0 Å². The summed E-state index contributed by atoms with van der Waals surface area (Å²) in [5, 5.41) is 0. The normalized spacial score (nSPS) is 38.3. The molecule has 0 atom stereocenters. The number of hydrogen-bond donors (Lipinski definition) is 0. The summed E-state index contributed by atoms with van der Waals surface area (Å²) in [5.74, 6) is 4.32. The summed E-state index contributed by atoms with van der Waals surface area (Å²) < 4.78 is 0. The fourth-order valence-electron chi connectivity index (χ4n) is 7.35. The SMILES string of the molecule is CC(C)(C)C12CC3CC(CC(C3)C1)C2.CC(C)(C)C1CCCCCCC1. The Balaban J connectivity index is 0.000000153. The van der Waals surface area contributed by atoms with Gasteiger partial charge in [-0.25, -0.2) is 0 Å². The average Bonchev–Trinajstić information content (AvgIpc) is 2.43. The Kier molecular flexibility index (Phi) is 6.21. The lowest BCUT2D eigenvalue weighted by atomic mass is 9.43. The van der Waals surface area contributed by atoms with E-state index in [1.807, 2.05) is 0 Å². The van der Waals surface area contributed by atoms with Crippen molar-refractivity contribution in [2.75, 3.05) is 0 Å². The largest absolute Gasteiger partial charge is 0.0599 e. The second-order valence-electron chi connectivity index (χ2n) is 12.9. The Bertz CT molecular complexity index is 400. The average molecular weight is 361 g/mol. The van der Waals surface area contributed by atoms with Crippen molar-refractivity contribution in [3.63, 3.8) is 0 Å². The third-order valence-corrected chi connectivity index (χ3v) is 8.96. The molecular weight excluding hydrogens is 312 g/mol. The van der Waals surface area contributed by atoms with Crippen molar-refractivity contribution >= 4 is 0 Å². The molecule has 0 N–H and O–H groups in total. The monoisotopic (exact) mass is 360 g/mol. The molecule has 152 valence electrons. The summed E-state index contributed by atoms with van der Waals surface area (Å²) in [7, 11) is 0. The molecule has 5 fully saturated rings. The van der Waals surface area contributed by atoms with Crippen LogP contribution < -0.4 is 0 Å². The van der Waals surface area contributed by atoms with Crippen LogP contribution in [-0.4, -0.2) is 0 Å². The Morgan fingerprint density at radius 2 is 0.962 bits per heavy atom. The molecule has 5 rings (SSSR count). The fourth-order valence-corrected chi connectivity index (χ4v) is 7.35. The van der Waals surface area contributed by atoms with Gasteiger partial charge in [0.05, 0.1) is 0 Å². The van der Waals surface area contributed by atoms with E-state index in [4.69, 9.17) is 0 Å². The van der Waals surface area contributed by atoms with E-state index >= 15 is 0 Å². The predicted octanol–water partition coefficient (Wildman–Crippen LogP) is 8.64. The van der Waals surface area contributed by atoms with Crippen LogP contribution in [0.1, 0.15) is 125 Å². The van der Waals surface area contributed by atoms with Gasteiger partial charge < -0.3 is 0 Å². The quantitative estimate of drug-likeness (QED) is 0.405. The molecule has 5 aliphatic rings. The molecule has 0 amide bonds. The molecular formula is C26H48. The van der Waals surface area contributed by atoms with Crippen molar-refractivity contribution in [2.24, 2.45) is 39.9 Å². The predicted molar refractivity (Wildman–Crippen MR) is 115 cm³/mol. The van der Waals surface area contributed by atoms with E-state index in [2.05, 4.69) is 41.5 Å². The molecule has 0 aromatic rings. The maximum Gasteiger partial charge on any atom is -0.0241 e. The fraction of sp³-hybridized carbons (Fsp3) is 1.00. The highest BCUT2D eigenvalue weighted by Gasteiger charge is 2.55. The highest BCUT2D eigenvalue weighted by atomic mass is 14.6. The summed E-state index contributed by atoms with van der Waals surface area (Å²) in [6.45, 7) is 14.7. The minimum Gasteiger partial charge on any atom is -0.0599 e. The summed E-state index contributed by atoms with van der Waals surface area (Å²) in [6.07, 6.45) is 19.8. The van der Waals surface area contributed by atoms with Crippen LogP contribution in [0.25, 0.3) is 0 Å². The summed E-state index contributed by atoms with van der Waals surface area (Å²) in [4.78, 5) is 0. The first-order valence-corrected chi connectivity index (χ1v) is 12.1. The van der Waals surface area contributed by atoms with Crippen LogP contribution in [0.3, 0.4) is 0 Å². The molecule has 0 saturated heterocycles. The maximum absolute atomic E-state index is 2.49. The van der Waals surface area contributed by atoms with E-state index < -0.39 is 0 Å². The number of hydrogen-bond acceptors (Lipinski definition) is 0. The van der Waals surface area contributed by atoms with E-state index in [1.54, 1.807) is 38.5 Å². The molecule has 0 unspecified atom stereocenters. The molecule has 5 aliphatic carbocycles. The molecule has 0 nitrogen and oxygen atoms in total. The van der Waals surface area contributed by atoms with Gasteiger partial charge in [-0.15, -0.1) is 0 Å². The molecule has 0 heterocycles. The lowest BCUT2D eigenvalue weighted by molar-refractivity contribution is -0.113. The van der Waals surface area contributed by atoms with Crippen LogP contribution in [0.5, 0.6) is 0 Å². The van der Waals surface area contributed by atoms with Crippen LogP contribution in [0.4, 0.5) is 0 Å². The maximum atomic E-state index is 2.49. The van der Waals surface area contributed by atoms with Crippen LogP contribution in [0.2, 0.25) is 0 Å². The van der Waals surface area contributed by atoms with Gasteiger partial charge in [0.1, 0.15) is 0 Å². The van der Waals surface area contributed by atoms with Crippen molar-refractivity contribution in [1.29, 1.82) is 0 Å². The molecule has 0 aromatic carbocycles. The second-order valence-corrected chi connectivity index (χ2v) is 12.9. The van der Waals surface area contributed by atoms with E-state index in [-0.39, 0.29) is 0 Å². The highest BCUT2D eigenvalue weighted by molar-refractivity contribution is 5.05. The van der Waals surface area contributed by atoms with E-state index in [9.17, 15) is 0 Å². The Morgan fingerprint density at radius 1 is 0.577 bits per heavy atom. The zero-order valence-electron chi connectivity index (χ0n) is 19.0. The van der Waals surface area contributed by atoms with Crippen LogP contribution in [-0.2, 0) is 0 Å². The minimum atomic E-state index is 0.553. The first-order chi connectivity index (χ1) is 12.1. The molecule has 0 aromatic heterocycles. The summed E-state index contributed by atoms with van der Waals surface area (Å²) in [5.41, 5.74) is 1.85. The summed E-state index contributed by atoms with van der Waals surface area (Å²) >= 11 is 0. The summed E-state index contributed by atoms with van der Waals surface area (Å²) in [6, 6.07) is 0. The first kappa shape index (κ1) is 20.7. The molecule has 0 spiro atoms. The lowest BCUT2D eigenvalue weighted by Gasteiger charge is -2.62. The van der Waals surface area contributed by atoms with Gasteiger partial charge in [-0.3, -0.25) is 0 Å². The van der Waals surface area contributed by atoms with Gasteiger partial charge in [-0.05, 0) is 91.3 Å².